The average molecular weight is 302 g/mol. The fourth-order valence-electron chi connectivity index (χ4n) is 1.67. The predicted molar refractivity (Wildman–Crippen MR) is 71.2 cm³/mol. The van der Waals surface area contributed by atoms with E-state index in [0.717, 1.165) is 10.4 Å². The molecule has 1 heterocycles. The van der Waals surface area contributed by atoms with Crippen LogP contribution in [0.4, 0.5) is 13.2 Å². The first-order valence-corrected chi connectivity index (χ1v) is 6.70. The molecular formula is C13H13F3N2OS. The highest BCUT2D eigenvalue weighted by molar-refractivity contribution is 7.15. The summed E-state index contributed by atoms with van der Waals surface area (Å²) < 4.78 is 40.7. The van der Waals surface area contributed by atoms with E-state index in [9.17, 15) is 13.2 Å². The zero-order valence-corrected chi connectivity index (χ0v) is 11.3. The van der Waals surface area contributed by atoms with Gasteiger partial charge in [-0.15, -0.1) is 11.3 Å². The Morgan fingerprint density at radius 1 is 1.20 bits per heavy atom. The van der Waals surface area contributed by atoms with Gasteiger partial charge >= 0.3 is 6.18 Å². The van der Waals surface area contributed by atoms with E-state index in [1.54, 1.807) is 0 Å². The van der Waals surface area contributed by atoms with Crippen molar-refractivity contribution in [2.75, 3.05) is 6.61 Å². The number of thiazole rings is 1. The van der Waals surface area contributed by atoms with E-state index in [4.69, 9.17) is 5.73 Å². The Morgan fingerprint density at radius 3 is 2.50 bits per heavy atom. The molecule has 0 aliphatic carbocycles. The second kappa shape index (κ2) is 6.34. The quantitative estimate of drug-likeness (QED) is 0.921. The van der Waals surface area contributed by atoms with Crippen molar-refractivity contribution in [3.63, 3.8) is 0 Å². The molecule has 108 valence electrons. The van der Waals surface area contributed by atoms with Crippen LogP contribution >= 0.6 is 11.3 Å². The number of hydrogen-bond donors (Lipinski definition) is 1. The molecule has 0 bridgehead atoms. The Kier molecular flexibility index (Phi) is 4.74. The molecule has 1 aromatic heterocycles. The van der Waals surface area contributed by atoms with Crippen LogP contribution in [-0.4, -0.2) is 17.8 Å². The standard InChI is InChI=1S/C13H13F3N2OS/c14-13(15,16)8-19-7-11-18-10(6-17)12(20-11)9-4-2-1-3-5-9/h1-5H,6-8,17H2. The van der Waals surface area contributed by atoms with Crippen LogP contribution in [0, 0.1) is 0 Å². The Bertz CT molecular complexity index is 554. The number of benzene rings is 1. The van der Waals surface area contributed by atoms with Gasteiger partial charge in [0.15, 0.2) is 0 Å². The van der Waals surface area contributed by atoms with Crippen LogP contribution in [0.5, 0.6) is 0 Å². The van der Waals surface area contributed by atoms with E-state index in [1.807, 2.05) is 30.3 Å². The van der Waals surface area contributed by atoms with Gasteiger partial charge in [-0.1, -0.05) is 30.3 Å². The van der Waals surface area contributed by atoms with E-state index < -0.39 is 12.8 Å². The van der Waals surface area contributed by atoms with Gasteiger partial charge in [0.05, 0.1) is 17.2 Å². The van der Waals surface area contributed by atoms with Crippen LogP contribution in [-0.2, 0) is 17.9 Å². The van der Waals surface area contributed by atoms with E-state index >= 15 is 0 Å². The Balaban J connectivity index is 2.11. The number of alkyl halides is 3. The van der Waals surface area contributed by atoms with Crippen LogP contribution < -0.4 is 5.73 Å². The molecule has 0 amide bonds. The number of ether oxygens (including phenoxy) is 1. The lowest BCUT2D eigenvalue weighted by atomic mass is 10.1. The van der Waals surface area contributed by atoms with Gasteiger partial charge in [-0.25, -0.2) is 4.98 Å². The molecule has 20 heavy (non-hydrogen) atoms. The van der Waals surface area contributed by atoms with Crippen molar-refractivity contribution >= 4 is 11.3 Å². The minimum atomic E-state index is -4.32. The van der Waals surface area contributed by atoms with Crippen molar-refractivity contribution in [3.05, 3.63) is 41.0 Å². The summed E-state index contributed by atoms with van der Waals surface area (Å²) in [6.45, 7) is -1.20. The van der Waals surface area contributed by atoms with Crippen LogP contribution in [0.25, 0.3) is 10.4 Å². The number of hydrogen-bond acceptors (Lipinski definition) is 4. The summed E-state index contributed by atoms with van der Waals surface area (Å²) in [6, 6.07) is 9.48. The maximum absolute atomic E-state index is 12.0. The highest BCUT2D eigenvalue weighted by Gasteiger charge is 2.27. The molecular weight excluding hydrogens is 289 g/mol. The van der Waals surface area contributed by atoms with Gasteiger partial charge in [0.25, 0.3) is 0 Å². The topological polar surface area (TPSA) is 48.1 Å². The minimum Gasteiger partial charge on any atom is -0.365 e. The maximum Gasteiger partial charge on any atom is 0.411 e. The Hall–Kier alpha value is -1.44. The number of rotatable bonds is 5. The van der Waals surface area contributed by atoms with Gasteiger partial charge in [0.2, 0.25) is 0 Å². The molecule has 0 aliphatic heterocycles. The summed E-state index contributed by atoms with van der Waals surface area (Å²) >= 11 is 1.30. The molecule has 2 N–H and O–H groups in total. The molecule has 0 unspecified atom stereocenters. The molecule has 2 aromatic rings. The van der Waals surface area contributed by atoms with Crippen LogP contribution in [0.3, 0.4) is 0 Å². The molecule has 0 radical (unpaired) electrons. The number of aromatic nitrogens is 1. The Morgan fingerprint density at radius 2 is 1.90 bits per heavy atom. The van der Waals surface area contributed by atoms with Crippen molar-refractivity contribution in [2.24, 2.45) is 5.73 Å². The summed E-state index contributed by atoms with van der Waals surface area (Å²) in [5.74, 6) is 0. The molecule has 0 atom stereocenters. The van der Waals surface area contributed by atoms with E-state index in [1.165, 1.54) is 11.3 Å². The van der Waals surface area contributed by atoms with Crippen molar-refractivity contribution in [3.8, 4) is 10.4 Å². The zero-order valence-electron chi connectivity index (χ0n) is 10.5. The summed E-state index contributed by atoms with van der Waals surface area (Å²) in [7, 11) is 0. The normalized spacial score (nSPS) is 11.8. The predicted octanol–water partition coefficient (Wildman–Crippen LogP) is 3.35. The number of nitrogens with two attached hydrogens (primary N) is 1. The van der Waals surface area contributed by atoms with Crippen molar-refractivity contribution in [1.29, 1.82) is 0 Å². The van der Waals surface area contributed by atoms with E-state index in [0.29, 0.717) is 10.7 Å². The molecule has 0 saturated carbocycles. The highest BCUT2D eigenvalue weighted by atomic mass is 32.1. The fraction of sp³-hybridized carbons (Fsp3) is 0.308. The fourth-order valence-corrected chi connectivity index (χ4v) is 2.70. The van der Waals surface area contributed by atoms with Gasteiger partial charge in [0.1, 0.15) is 11.6 Å². The number of halogens is 3. The lowest BCUT2D eigenvalue weighted by molar-refractivity contribution is -0.176. The molecule has 0 aliphatic rings. The lowest BCUT2D eigenvalue weighted by Crippen LogP contribution is -2.16. The Labute approximate surface area is 118 Å². The summed E-state index contributed by atoms with van der Waals surface area (Å²) in [5, 5.41) is 0.494. The van der Waals surface area contributed by atoms with Gasteiger partial charge in [0, 0.05) is 6.54 Å². The minimum absolute atomic E-state index is 0.163. The molecule has 0 saturated heterocycles. The molecule has 3 nitrogen and oxygen atoms in total. The first kappa shape index (κ1) is 15.0. The molecule has 1 aromatic carbocycles. The van der Waals surface area contributed by atoms with E-state index in [-0.39, 0.29) is 13.2 Å². The van der Waals surface area contributed by atoms with Gasteiger partial charge in [-0.2, -0.15) is 13.2 Å². The molecule has 0 spiro atoms. The maximum atomic E-state index is 12.0. The van der Waals surface area contributed by atoms with Crippen molar-refractivity contribution in [1.82, 2.24) is 4.98 Å². The third-order valence-electron chi connectivity index (χ3n) is 2.46. The second-order valence-electron chi connectivity index (χ2n) is 4.06. The monoisotopic (exact) mass is 302 g/mol. The molecule has 2 rings (SSSR count). The highest BCUT2D eigenvalue weighted by Crippen LogP contribution is 2.30. The van der Waals surface area contributed by atoms with Crippen LogP contribution in [0.15, 0.2) is 30.3 Å². The van der Waals surface area contributed by atoms with Gasteiger partial charge < -0.3 is 10.5 Å². The first-order valence-electron chi connectivity index (χ1n) is 5.88. The summed E-state index contributed by atoms with van der Waals surface area (Å²) in [6.07, 6.45) is -4.32. The van der Waals surface area contributed by atoms with E-state index in [2.05, 4.69) is 9.72 Å². The van der Waals surface area contributed by atoms with Crippen LogP contribution in [0.2, 0.25) is 0 Å². The zero-order chi connectivity index (χ0) is 14.6. The SMILES string of the molecule is NCc1nc(COCC(F)(F)F)sc1-c1ccccc1. The van der Waals surface area contributed by atoms with Gasteiger partial charge in [-0.3, -0.25) is 0 Å². The first-order chi connectivity index (χ1) is 9.49. The largest absolute Gasteiger partial charge is 0.411 e. The molecule has 7 heteroatoms. The molecule has 0 fully saturated rings. The second-order valence-corrected chi connectivity index (χ2v) is 5.15. The van der Waals surface area contributed by atoms with Crippen LogP contribution in [0.1, 0.15) is 10.7 Å². The van der Waals surface area contributed by atoms with Crippen molar-refractivity contribution in [2.45, 2.75) is 19.3 Å². The third kappa shape index (κ3) is 4.03. The summed E-state index contributed by atoms with van der Waals surface area (Å²) in [5.41, 5.74) is 7.25. The lowest BCUT2D eigenvalue weighted by Gasteiger charge is -2.05. The van der Waals surface area contributed by atoms with Gasteiger partial charge in [-0.05, 0) is 5.56 Å². The van der Waals surface area contributed by atoms with Crippen molar-refractivity contribution < 1.29 is 17.9 Å². The summed E-state index contributed by atoms with van der Waals surface area (Å²) in [4.78, 5) is 5.10. The third-order valence-corrected chi connectivity index (χ3v) is 3.58. The smallest absolute Gasteiger partial charge is 0.365 e. The number of nitrogens with zero attached hydrogens (tertiary/aromatic N) is 1. The average Bonchev–Trinajstić information content (AvgIpc) is 2.81.